The molecule has 2 aromatic carbocycles. The summed E-state index contributed by atoms with van der Waals surface area (Å²) in [6, 6.07) is 9.24. The number of carbonyl (C=O) groups is 1. The highest BCUT2D eigenvalue weighted by molar-refractivity contribution is 5.76. The molecule has 0 aliphatic heterocycles. The third-order valence-electron chi connectivity index (χ3n) is 6.60. The third-order valence-corrected chi connectivity index (χ3v) is 6.60. The zero-order valence-electron chi connectivity index (χ0n) is 26.0. The van der Waals surface area contributed by atoms with Crippen LogP contribution in [-0.4, -0.2) is 34.4 Å². The summed E-state index contributed by atoms with van der Waals surface area (Å²) in [4.78, 5) is 12.6. The highest BCUT2D eigenvalue weighted by atomic mass is 16.6. The van der Waals surface area contributed by atoms with E-state index in [-0.39, 0.29) is 5.97 Å². The molecule has 0 spiro atoms. The highest BCUT2D eigenvalue weighted by Gasteiger charge is 2.13. The molecule has 2 rings (SSSR count). The summed E-state index contributed by atoms with van der Waals surface area (Å²) < 4.78 is 27.4. The third kappa shape index (κ3) is 12.7. The number of rotatable bonds is 20. The maximum absolute atomic E-state index is 12.6. The van der Waals surface area contributed by atoms with Gasteiger partial charge in [-0.25, -0.2) is 0 Å². The molecule has 42 heavy (non-hydrogen) atoms. The monoisotopic (exact) mass is 576 g/mol. The molecule has 0 aliphatic carbocycles. The molecule has 0 aliphatic rings. The first kappa shape index (κ1) is 34.3. The first-order valence-corrected chi connectivity index (χ1v) is 14.9. The zero-order chi connectivity index (χ0) is 30.4. The Hall–Kier alpha value is -3.93. The van der Waals surface area contributed by atoms with E-state index in [0.29, 0.717) is 35.2 Å². The molecule has 0 bridgehead atoms. The molecule has 0 heterocycles. The van der Waals surface area contributed by atoms with Gasteiger partial charge in [-0.15, -0.1) is 0 Å². The minimum atomic E-state index is -0.250. The molecular weight excluding hydrogens is 528 g/mol. The van der Waals surface area contributed by atoms with Crippen molar-refractivity contribution in [2.24, 2.45) is 0 Å². The predicted octanol–water partition coefficient (Wildman–Crippen LogP) is 9.39. The first-order valence-electron chi connectivity index (χ1n) is 14.9. The van der Waals surface area contributed by atoms with Gasteiger partial charge in [-0.1, -0.05) is 80.9 Å². The quantitative estimate of drug-likeness (QED) is 0.0514. The molecule has 0 N–H and O–H groups in total. The molecule has 0 aromatic heterocycles. The van der Waals surface area contributed by atoms with E-state index in [1.165, 1.54) is 12.8 Å². The van der Waals surface area contributed by atoms with Crippen LogP contribution in [0.4, 0.5) is 0 Å². The van der Waals surface area contributed by atoms with Gasteiger partial charge in [0.25, 0.3) is 0 Å². The number of unbranched alkanes of at least 4 members (excludes halogenated alkanes) is 5. The van der Waals surface area contributed by atoms with E-state index >= 15 is 0 Å². The van der Waals surface area contributed by atoms with Crippen molar-refractivity contribution in [1.29, 1.82) is 0 Å². The van der Waals surface area contributed by atoms with E-state index in [1.807, 2.05) is 30.4 Å². The lowest BCUT2D eigenvalue weighted by atomic mass is 10.1. The fourth-order valence-corrected chi connectivity index (χ4v) is 4.33. The van der Waals surface area contributed by atoms with Crippen molar-refractivity contribution in [3.8, 4) is 28.7 Å². The summed E-state index contributed by atoms with van der Waals surface area (Å²) in [5.74, 6) is 2.37. The second kappa shape index (κ2) is 20.9. The lowest BCUT2D eigenvalue weighted by Gasteiger charge is -2.13. The second-order valence-corrected chi connectivity index (χ2v) is 9.78. The van der Waals surface area contributed by atoms with Crippen molar-refractivity contribution < 1.29 is 28.5 Å². The summed E-state index contributed by atoms with van der Waals surface area (Å²) in [5, 5.41) is 0. The highest BCUT2D eigenvalue weighted by Crippen LogP contribution is 2.38. The van der Waals surface area contributed by atoms with Gasteiger partial charge in [-0.2, -0.15) is 0 Å². The van der Waals surface area contributed by atoms with Crippen LogP contribution < -0.4 is 23.7 Å². The van der Waals surface area contributed by atoms with Crippen molar-refractivity contribution >= 4 is 18.1 Å². The molecule has 6 nitrogen and oxygen atoms in total. The standard InChI is InChI=1S/C36H48O6/c1-6-7-8-9-10-11-12-13-14-15-16-17-18-19-20-21-35(37)42-32-26-29(24-25-31(32)38-2)22-23-30-27-33(39-3)36(41-5)34(28-30)40-4/h7-8,10-11,13-14,22-28H,6,9,12,15-21H2,1-5H3/b8-7-,11-10-,14-13-,23-22-. The molecule has 0 radical (unpaired) electrons. The molecule has 0 fully saturated rings. The van der Waals surface area contributed by atoms with Gasteiger partial charge in [0.05, 0.1) is 28.4 Å². The lowest BCUT2D eigenvalue weighted by Crippen LogP contribution is -2.08. The van der Waals surface area contributed by atoms with Gasteiger partial charge >= 0.3 is 5.97 Å². The van der Waals surface area contributed by atoms with Crippen LogP contribution in [0, 0.1) is 0 Å². The largest absolute Gasteiger partial charge is 0.493 e. The molecule has 0 unspecified atom stereocenters. The minimum absolute atomic E-state index is 0.250. The Labute approximate surface area is 252 Å². The Morgan fingerprint density at radius 2 is 1.19 bits per heavy atom. The number of benzene rings is 2. The first-order chi connectivity index (χ1) is 20.6. The van der Waals surface area contributed by atoms with E-state index in [2.05, 4.69) is 43.4 Å². The lowest BCUT2D eigenvalue weighted by molar-refractivity contribution is -0.134. The van der Waals surface area contributed by atoms with Gasteiger partial charge in [0.2, 0.25) is 5.75 Å². The molecular formula is C36H48O6. The maximum Gasteiger partial charge on any atom is 0.311 e. The van der Waals surface area contributed by atoms with Crippen LogP contribution in [-0.2, 0) is 4.79 Å². The fourth-order valence-electron chi connectivity index (χ4n) is 4.33. The number of allylic oxidation sites excluding steroid dienone is 6. The Kier molecular flexibility index (Phi) is 17.0. The van der Waals surface area contributed by atoms with Crippen molar-refractivity contribution in [1.82, 2.24) is 0 Å². The Morgan fingerprint density at radius 1 is 0.619 bits per heavy atom. The van der Waals surface area contributed by atoms with Crippen LogP contribution in [0.1, 0.15) is 82.3 Å². The smallest absolute Gasteiger partial charge is 0.311 e. The topological polar surface area (TPSA) is 63.2 Å². The minimum Gasteiger partial charge on any atom is -0.493 e. The van der Waals surface area contributed by atoms with Crippen LogP contribution in [0.2, 0.25) is 0 Å². The second-order valence-electron chi connectivity index (χ2n) is 9.78. The number of esters is 1. The van der Waals surface area contributed by atoms with Gasteiger partial charge in [0.15, 0.2) is 23.0 Å². The maximum atomic E-state index is 12.6. The molecule has 0 saturated carbocycles. The van der Waals surface area contributed by atoms with Crippen molar-refractivity contribution in [2.75, 3.05) is 28.4 Å². The summed E-state index contributed by atoms with van der Waals surface area (Å²) in [5.41, 5.74) is 1.74. The number of hydrogen-bond donors (Lipinski definition) is 0. The number of methoxy groups -OCH3 is 4. The number of ether oxygens (including phenoxy) is 5. The van der Waals surface area contributed by atoms with E-state index in [9.17, 15) is 4.79 Å². The van der Waals surface area contributed by atoms with Crippen LogP contribution in [0.25, 0.3) is 12.2 Å². The summed E-state index contributed by atoms with van der Waals surface area (Å²) in [7, 11) is 6.31. The average Bonchev–Trinajstić information content (AvgIpc) is 3.01. The summed E-state index contributed by atoms with van der Waals surface area (Å²) in [6.45, 7) is 2.15. The van der Waals surface area contributed by atoms with Gasteiger partial charge < -0.3 is 23.7 Å². The SMILES string of the molecule is CC/C=C\C/C=C\C/C=C\CCCCCCCC(=O)Oc1cc(/C=C\c2cc(OC)c(OC)c(OC)c2)ccc1OC. The van der Waals surface area contributed by atoms with Gasteiger partial charge in [-0.05, 0) is 73.9 Å². The molecule has 0 saturated heterocycles. The summed E-state index contributed by atoms with van der Waals surface area (Å²) in [6.07, 6.45) is 27.1. The van der Waals surface area contributed by atoms with Crippen LogP contribution in [0.5, 0.6) is 28.7 Å². The Balaban J connectivity index is 1.77. The molecule has 6 heteroatoms. The van der Waals surface area contributed by atoms with E-state index in [0.717, 1.165) is 56.1 Å². The predicted molar refractivity (Wildman–Crippen MR) is 173 cm³/mol. The van der Waals surface area contributed by atoms with E-state index in [4.69, 9.17) is 23.7 Å². The fraction of sp³-hybridized carbons (Fsp3) is 0.417. The van der Waals surface area contributed by atoms with Crippen molar-refractivity contribution in [3.63, 3.8) is 0 Å². The van der Waals surface area contributed by atoms with Crippen molar-refractivity contribution in [3.05, 3.63) is 77.9 Å². The Morgan fingerprint density at radius 3 is 1.83 bits per heavy atom. The van der Waals surface area contributed by atoms with E-state index in [1.54, 1.807) is 40.6 Å². The van der Waals surface area contributed by atoms with Crippen LogP contribution in [0.3, 0.4) is 0 Å². The number of carbonyl (C=O) groups excluding carboxylic acids is 1. The van der Waals surface area contributed by atoms with Crippen LogP contribution in [0.15, 0.2) is 66.8 Å². The Bertz CT molecular complexity index is 1170. The van der Waals surface area contributed by atoms with Gasteiger partial charge in [0, 0.05) is 6.42 Å². The van der Waals surface area contributed by atoms with Crippen LogP contribution >= 0.6 is 0 Å². The van der Waals surface area contributed by atoms with Crippen molar-refractivity contribution in [2.45, 2.75) is 71.1 Å². The molecule has 228 valence electrons. The zero-order valence-corrected chi connectivity index (χ0v) is 26.0. The molecule has 0 atom stereocenters. The van der Waals surface area contributed by atoms with E-state index < -0.39 is 0 Å². The summed E-state index contributed by atoms with van der Waals surface area (Å²) >= 11 is 0. The van der Waals surface area contributed by atoms with Gasteiger partial charge in [-0.3, -0.25) is 4.79 Å². The molecule has 2 aromatic rings. The number of hydrogen-bond acceptors (Lipinski definition) is 6. The normalized spacial score (nSPS) is 11.6. The van der Waals surface area contributed by atoms with Gasteiger partial charge in [0.1, 0.15) is 0 Å². The average molecular weight is 577 g/mol. The molecule has 0 amide bonds.